The van der Waals surface area contributed by atoms with Gasteiger partial charge in [0.2, 0.25) is 0 Å². The van der Waals surface area contributed by atoms with Crippen molar-refractivity contribution in [1.82, 2.24) is 10.3 Å². The second-order valence-corrected chi connectivity index (χ2v) is 6.59. The zero-order chi connectivity index (χ0) is 19.3. The molecule has 4 N–H and O–H groups in total. The molecule has 0 aliphatic carbocycles. The molecule has 0 fully saturated rings. The number of hydrogen-bond acceptors (Lipinski definition) is 3. The minimum Gasteiger partial charge on any atom is -0.508 e. The number of hydrogen-bond donors (Lipinski definition) is 4. The largest absolute Gasteiger partial charge is 0.508 e. The fraction of sp³-hybridized carbons (Fsp3) is 0.0870. The second-order valence-electron chi connectivity index (χ2n) is 6.59. The summed E-state index contributed by atoms with van der Waals surface area (Å²) in [5.41, 5.74) is 4.32. The van der Waals surface area contributed by atoms with Crippen LogP contribution in [0.3, 0.4) is 0 Å². The van der Waals surface area contributed by atoms with Crippen molar-refractivity contribution in [2.45, 2.75) is 6.42 Å². The lowest BCUT2D eigenvalue weighted by atomic mass is 10.1. The van der Waals surface area contributed by atoms with E-state index in [4.69, 9.17) is 0 Å². The molecule has 5 heteroatoms. The highest BCUT2D eigenvalue weighted by Gasteiger charge is 2.11. The molecule has 3 aromatic carbocycles. The smallest absolute Gasteiger partial charge is 0.253 e. The summed E-state index contributed by atoms with van der Waals surface area (Å²) < 4.78 is 0. The average Bonchev–Trinajstić information content (AvgIpc) is 3.11. The van der Waals surface area contributed by atoms with E-state index in [0.29, 0.717) is 18.5 Å². The van der Waals surface area contributed by atoms with E-state index in [2.05, 4.69) is 15.6 Å². The van der Waals surface area contributed by atoms with Crippen LogP contribution in [0, 0.1) is 0 Å². The minimum atomic E-state index is -0.123. The molecule has 0 atom stereocenters. The molecule has 0 spiro atoms. The van der Waals surface area contributed by atoms with Gasteiger partial charge < -0.3 is 20.7 Å². The Labute approximate surface area is 163 Å². The average molecular weight is 371 g/mol. The fourth-order valence-electron chi connectivity index (χ4n) is 3.25. The number of rotatable bonds is 6. The van der Waals surface area contributed by atoms with Gasteiger partial charge in [0.05, 0.1) is 11.3 Å². The molecule has 0 aliphatic heterocycles. The first-order valence-corrected chi connectivity index (χ1v) is 9.19. The van der Waals surface area contributed by atoms with E-state index >= 15 is 0 Å². The number of nitrogens with one attached hydrogen (secondary N) is 3. The maximum Gasteiger partial charge on any atom is 0.253 e. The van der Waals surface area contributed by atoms with E-state index in [1.54, 1.807) is 12.1 Å². The van der Waals surface area contributed by atoms with Crippen LogP contribution in [0.4, 0.5) is 11.4 Å². The Hall–Kier alpha value is -3.73. The van der Waals surface area contributed by atoms with Gasteiger partial charge in [0.1, 0.15) is 5.75 Å². The predicted octanol–water partition coefficient (Wildman–Crippen LogP) is 4.59. The van der Waals surface area contributed by atoms with Crippen molar-refractivity contribution in [1.29, 1.82) is 0 Å². The van der Waals surface area contributed by atoms with Gasteiger partial charge in [-0.25, -0.2) is 0 Å². The van der Waals surface area contributed by atoms with Gasteiger partial charge in [0, 0.05) is 29.3 Å². The number of H-pyrrole nitrogens is 1. The van der Waals surface area contributed by atoms with E-state index in [1.165, 1.54) is 0 Å². The number of benzene rings is 3. The molecule has 4 rings (SSSR count). The van der Waals surface area contributed by atoms with Gasteiger partial charge in [-0.05, 0) is 54.4 Å². The van der Waals surface area contributed by atoms with Crippen LogP contribution in [-0.2, 0) is 6.42 Å². The molecule has 1 aromatic heterocycles. The molecular formula is C23H21N3O2. The van der Waals surface area contributed by atoms with Crippen molar-refractivity contribution >= 4 is 28.2 Å². The number of fused-ring (bicyclic) bond motifs is 1. The normalized spacial score (nSPS) is 10.7. The van der Waals surface area contributed by atoms with Crippen LogP contribution >= 0.6 is 0 Å². The number of aromatic amines is 1. The fourth-order valence-corrected chi connectivity index (χ4v) is 3.25. The Morgan fingerprint density at radius 2 is 1.75 bits per heavy atom. The molecule has 0 saturated carbocycles. The monoisotopic (exact) mass is 371 g/mol. The Kier molecular flexibility index (Phi) is 4.97. The van der Waals surface area contributed by atoms with Crippen molar-refractivity contribution in [3.8, 4) is 5.75 Å². The zero-order valence-electron chi connectivity index (χ0n) is 15.3. The predicted molar refractivity (Wildman–Crippen MR) is 112 cm³/mol. The third-order valence-corrected chi connectivity index (χ3v) is 4.66. The lowest BCUT2D eigenvalue weighted by molar-refractivity contribution is 0.0955. The van der Waals surface area contributed by atoms with Crippen LogP contribution in [0.15, 0.2) is 79.0 Å². The molecule has 28 heavy (non-hydrogen) atoms. The van der Waals surface area contributed by atoms with Gasteiger partial charge in [0.25, 0.3) is 5.91 Å². The summed E-state index contributed by atoms with van der Waals surface area (Å²) in [5.74, 6) is 0.111. The van der Waals surface area contributed by atoms with Crippen LogP contribution in [-0.4, -0.2) is 22.5 Å². The number of carbonyl (C=O) groups is 1. The van der Waals surface area contributed by atoms with Crippen molar-refractivity contribution in [3.05, 3.63) is 90.1 Å². The van der Waals surface area contributed by atoms with Crippen molar-refractivity contribution in [3.63, 3.8) is 0 Å². The third-order valence-electron chi connectivity index (χ3n) is 4.66. The summed E-state index contributed by atoms with van der Waals surface area (Å²) in [6, 6.07) is 22.5. The number of aromatic nitrogens is 1. The highest BCUT2D eigenvalue weighted by molar-refractivity contribution is 6.00. The first-order chi connectivity index (χ1) is 13.7. The maximum atomic E-state index is 12.7. The second kappa shape index (κ2) is 7.88. The third kappa shape index (κ3) is 3.83. The number of phenolic OH excluding ortho intramolecular Hbond substituents is 1. The first-order valence-electron chi connectivity index (χ1n) is 9.19. The molecular weight excluding hydrogens is 350 g/mol. The van der Waals surface area contributed by atoms with Crippen molar-refractivity contribution in [2.75, 3.05) is 11.9 Å². The van der Waals surface area contributed by atoms with Crippen LogP contribution in [0.1, 0.15) is 15.9 Å². The number of carbonyl (C=O) groups excluding carboxylic acids is 1. The summed E-state index contributed by atoms with van der Waals surface area (Å²) in [4.78, 5) is 15.9. The first kappa shape index (κ1) is 17.7. The number of aromatic hydroxyl groups is 1. The SMILES string of the molecule is O=C(NCCc1c[nH]c2ccc(O)cc12)c1ccccc1Nc1ccccc1. The lowest BCUT2D eigenvalue weighted by Crippen LogP contribution is -2.26. The van der Waals surface area contributed by atoms with E-state index in [-0.39, 0.29) is 11.7 Å². The van der Waals surface area contributed by atoms with Crippen LogP contribution < -0.4 is 10.6 Å². The molecule has 0 aliphatic rings. The molecule has 0 unspecified atom stereocenters. The maximum absolute atomic E-state index is 12.7. The van der Waals surface area contributed by atoms with E-state index < -0.39 is 0 Å². The van der Waals surface area contributed by atoms with Gasteiger partial charge in [-0.15, -0.1) is 0 Å². The number of amides is 1. The lowest BCUT2D eigenvalue weighted by Gasteiger charge is -2.12. The number of phenols is 1. The van der Waals surface area contributed by atoms with E-state index in [9.17, 15) is 9.90 Å². The van der Waals surface area contributed by atoms with Gasteiger partial charge >= 0.3 is 0 Å². The standard InChI is InChI=1S/C23H21N3O2/c27-18-10-11-21-20(14-18)16(15-25-21)12-13-24-23(28)19-8-4-5-9-22(19)26-17-6-2-1-3-7-17/h1-11,14-15,25-27H,12-13H2,(H,24,28). The van der Waals surface area contributed by atoms with Crippen LogP contribution in [0.25, 0.3) is 10.9 Å². The molecule has 1 heterocycles. The Balaban J connectivity index is 1.43. The summed E-state index contributed by atoms with van der Waals surface area (Å²) in [7, 11) is 0. The van der Waals surface area contributed by atoms with Gasteiger partial charge in [-0.3, -0.25) is 4.79 Å². The minimum absolute atomic E-state index is 0.123. The Morgan fingerprint density at radius 3 is 2.61 bits per heavy atom. The Bertz CT molecular complexity index is 1100. The highest BCUT2D eigenvalue weighted by Crippen LogP contribution is 2.23. The highest BCUT2D eigenvalue weighted by atomic mass is 16.3. The van der Waals surface area contributed by atoms with E-state index in [0.717, 1.165) is 27.8 Å². The van der Waals surface area contributed by atoms with Crippen molar-refractivity contribution < 1.29 is 9.90 Å². The molecule has 4 aromatic rings. The summed E-state index contributed by atoms with van der Waals surface area (Å²) in [5, 5.41) is 17.0. The topological polar surface area (TPSA) is 77.2 Å². The van der Waals surface area contributed by atoms with Gasteiger partial charge in [-0.2, -0.15) is 0 Å². The molecule has 140 valence electrons. The number of para-hydroxylation sites is 2. The van der Waals surface area contributed by atoms with Crippen LogP contribution in [0.5, 0.6) is 5.75 Å². The summed E-state index contributed by atoms with van der Waals surface area (Å²) in [6.45, 7) is 0.501. The van der Waals surface area contributed by atoms with Gasteiger partial charge in [0.15, 0.2) is 0 Å². The molecule has 0 radical (unpaired) electrons. The molecule has 0 bridgehead atoms. The quantitative estimate of drug-likeness (QED) is 0.400. The molecule has 1 amide bonds. The van der Waals surface area contributed by atoms with Gasteiger partial charge in [-0.1, -0.05) is 30.3 Å². The zero-order valence-corrected chi connectivity index (χ0v) is 15.3. The molecule has 5 nitrogen and oxygen atoms in total. The summed E-state index contributed by atoms with van der Waals surface area (Å²) >= 11 is 0. The molecule has 0 saturated heterocycles. The van der Waals surface area contributed by atoms with E-state index in [1.807, 2.05) is 66.9 Å². The Morgan fingerprint density at radius 1 is 0.964 bits per heavy atom. The number of anilines is 2. The van der Waals surface area contributed by atoms with Crippen LogP contribution in [0.2, 0.25) is 0 Å². The summed E-state index contributed by atoms with van der Waals surface area (Å²) in [6.07, 6.45) is 2.59. The van der Waals surface area contributed by atoms with Crippen molar-refractivity contribution in [2.24, 2.45) is 0 Å².